The molecule has 2 N–H and O–H groups in total. The minimum atomic E-state index is -0.499. The predicted octanol–water partition coefficient (Wildman–Crippen LogP) is 3.26. The Balaban J connectivity index is 1.69. The molecule has 0 fully saturated rings. The lowest BCUT2D eigenvalue weighted by atomic mass is 10.2. The van der Waals surface area contributed by atoms with Gasteiger partial charge in [0.1, 0.15) is 5.82 Å². The van der Waals surface area contributed by atoms with E-state index in [9.17, 15) is 9.18 Å². The number of nitrogens with zero attached hydrogens (tertiary/aromatic N) is 2. The Morgan fingerprint density at radius 3 is 2.71 bits per heavy atom. The van der Waals surface area contributed by atoms with Gasteiger partial charge in [-0.05, 0) is 54.8 Å². The highest BCUT2D eigenvalue weighted by atomic mass is 32.2. The van der Waals surface area contributed by atoms with E-state index in [1.165, 1.54) is 28.8 Å². The highest BCUT2D eigenvalue weighted by molar-refractivity contribution is 7.97. The lowest BCUT2D eigenvalue weighted by molar-refractivity contribution is 0.0946. The topological polar surface area (TPSA) is 59.0 Å². The van der Waals surface area contributed by atoms with E-state index in [2.05, 4.69) is 15.4 Å². The maximum absolute atomic E-state index is 13.8. The molecule has 0 saturated heterocycles. The molecule has 3 rings (SSSR count). The monoisotopic (exact) mass is 342 g/mol. The van der Waals surface area contributed by atoms with Crippen LogP contribution in [0.2, 0.25) is 0 Å². The summed E-state index contributed by atoms with van der Waals surface area (Å²) in [6.45, 7) is 1.89. The molecule has 0 aliphatic carbocycles. The second-order valence-electron chi connectivity index (χ2n) is 5.13. The van der Waals surface area contributed by atoms with Gasteiger partial charge in [-0.2, -0.15) is 9.93 Å². The van der Waals surface area contributed by atoms with Crippen LogP contribution in [-0.2, 0) is 0 Å². The normalized spacial score (nSPS) is 10.6. The number of carbonyl (C=O) groups excluding carboxylic acids is 1. The number of benzene rings is 2. The Morgan fingerprint density at radius 2 is 2.00 bits per heavy atom. The van der Waals surface area contributed by atoms with Gasteiger partial charge in [-0.1, -0.05) is 18.2 Å². The lowest BCUT2D eigenvalue weighted by Crippen LogP contribution is -2.32. The zero-order valence-electron chi connectivity index (χ0n) is 12.9. The molecule has 0 atom stereocenters. The molecule has 0 saturated carbocycles. The molecular formula is C17H15FN4OS. The van der Waals surface area contributed by atoms with Crippen LogP contribution in [0.3, 0.4) is 0 Å². The van der Waals surface area contributed by atoms with Gasteiger partial charge in [0, 0.05) is 16.7 Å². The van der Waals surface area contributed by atoms with Gasteiger partial charge in [-0.15, -0.1) is 0 Å². The van der Waals surface area contributed by atoms with E-state index in [0.717, 1.165) is 10.5 Å². The van der Waals surface area contributed by atoms with Gasteiger partial charge in [-0.25, -0.2) is 9.07 Å². The summed E-state index contributed by atoms with van der Waals surface area (Å²) >= 11 is 1.26. The quantitative estimate of drug-likeness (QED) is 0.552. The fraction of sp³-hybridized carbons (Fsp3) is 0.0588. The Bertz CT molecular complexity index is 851. The molecule has 0 spiro atoms. The Labute approximate surface area is 143 Å². The van der Waals surface area contributed by atoms with Gasteiger partial charge in [0.2, 0.25) is 0 Å². The third-order valence-electron chi connectivity index (χ3n) is 3.20. The van der Waals surface area contributed by atoms with Crippen LogP contribution in [-0.4, -0.2) is 15.7 Å². The number of amides is 1. The maximum atomic E-state index is 13.8. The van der Waals surface area contributed by atoms with Crippen LogP contribution in [0, 0.1) is 12.7 Å². The summed E-state index contributed by atoms with van der Waals surface area (Å²) in [7, 11) is 0. The summed E-state index contributed by atoms with van der Waals surface area (Å²) in [5.41, 5.74) is 4.18. The Kier molecular flexibility index (Phi) is 4.93. The van der Waals surface area contributed by atoms with Crippen molar-refractivity contribution < 1.29 is 9.18 Å². The second kappa shape index (κ2) is 7.29. The van der Waals surface area contributed by atoms with E-state index in [4.69, 9.17) is 0 Å². The van der Waals surface area contributed by atoms with Crippen molar-refractivity contribution in [2.45, 2.75) is 11.8 Å². The summed E-state index contributed by atoms with van der Waals surface area (Å²) in [6, 6.07) is 13.6. The van der Waals surface area contributed by atoms with Crippen molar-refractivity contribution in [2.75, 3.05) is 0 Å². The average molecular weight is 342 g/mol. The van der Waals surface area contributed by atoms with Crippen molar-refractivity contribution >= 4 is 17.9 Å². The Hall–Kier alpha value is -2.64. The van der Waals surface area contributed by atoms with Gasteiger partial charge >= 0.3 is 0 Å². The van der Waals surface area contributed by atoms with Crippen molar-refractivity contribution in [3.8, 4) is 5.69 Å². The molecule has 0 unspecified atom stereocenters. The second-order valence-corrected chi connectivity index (χ2v) is 6.01. The molecule has 122 valence electrons. The third kappa shape index (κ3) is 4.01. The zero-order valence-corrected chi connectivity index (χ0v) is 13.7. The summed E-state index contributed by atoms with van der Waals surface area (Å²) in [5.74, 6) is -0.926. The van der Waals surface area contributed by atoms with Crippen LogP contribution in [0.4, 0.5) is 4.39 Å². The van der Waals surface area contributed by atoms with Gasteiger partial charge in [0.25, 0.3) is 5.91 Å². The smallest absolute Gasteiger partial charge is 0.266 e. The fourth-order valence-corrected chi connectivity index (χ4v) is 2.64. The third-order valence-corrected chi connectivity index (χ3v) is 3.91. The first kappa shape index (κ1) is 16.2. The molecular weight excluding hydrogens is 327 g/mol. The van der Waals surface area contributed by atoms with Crippen molar-refractivity contribution in [1.82, 2.24) is 20.0 Å². The number of hydrogen-bond acceptors (Lipinski definition) is 4. The average Bonchev–Trinajstić information content (AvgIpc) is 3.02. The number of rotatable bonds is 5. The number of nitrogens with one attached hydrogen (secondary N) is 2. The standard InChI is InChI=1S/C17H15FN4OS/c1-12-10-19-22(11-12)15-8-13(7-14(18)9-15)17(23)20-21-24-16-5-3-2-4-6-16/h2-11,21H,1H3,(H,20,23). The molecule has 0 bridgehead atoms. The van der Waals surface area contributed by atoms with E-state index in [-0.39, 0.29) is 5.56 Å². The SMILES string of the molecule is Cc1cnn(-c2cc(F)cc(C(=O)NNSc3ccccc3)c2)c1. The molecule has 0 aliphatic rings. The predicted molar refractivity (Wildman–Crippen MR) is 91.2 cm³/mol. The zero-order chi connectivity index (χ0) is 16.9. The minimum Gasteiger partial charge on any atom is -0.277 e. The van der Waals surface area contributed by atoms with E-state index in [1.54, 1.807) is 18.5 Å². The number of carbonyl (C=O) groups is 1. The first-order valence-electron chi connectivity index (χ1n) is 7.21. The summed E-state index contributed by atoms with van der Waals surface area (Å²) < 4.78 is 15.3. The molecule has 0 aliphatic heterocycles. The van der Waals surface area contributed by atoms with Crippen molar-refractivity contribution in [3.05, 3.63) is 77.9 Å². The molecule has 1 aromatic heterocycles. The van der Waals surface area contributed by atoms with E-state index in [1.807, 2.05) is 37.3 Å². The molecule has 2 aromatic carbocycles. The fourth-order valence-electron chi connectivity index (χ4n) is 2.08. The van der Waals surface area contributed by atoms with Crippen LogP contribution in [0.15, 0.2) is 65.8 Å². The maximum Gasteiger partial charge on any atom is 0.266 e. The number of hydrazine groups is 1. The Morgan fingerprint density at radius 1 is 1.21 bits per heavy atom. The summed E-state index contributed by atoms with van der Waals surface area (Å²) in [5, 5.41) is 4.13. The van der Waals surface area contributed by atoms with Crippen LogP contribution >= 0.6 is 11.9 Å². The van der Waals surface area contributed by atoms with Crippen LogP contribution in [0.25, 0.3) is 5.69 Å². The van der Waals surface area contributed by atoms with Gasteiger partial charge in [-0.3, -0.25) is 10.2 Å². The van der Waals surface area contributed by atoms with Crippen molar-refractivity contribution in [1.29, 1.82) is 0 Å². The first-order valence-corrected chi connectivity index (χ1v) is 8.03. The molecule has 5 nitrogen and oxygen atoms in total. The first-order chi connectivity index (χ1) is 11.6. The minimum absolute atomic E-state index is 0.208. The number of halogens is 1. The van der Waals surface area contributed by atoms with Crippen LogP contribution in [0.1, 0.15) is 15.9 Å². The van der Waals surface area contributed by atoms with Gasteiger partial charge in [0.15, 0.2) is 0 Å². The molecule has 1 heterocycles. The number of aryl methyl sites for hydroxylation is 1. The van der Waals surface area contributed by atoms with Crippen molar-refractivity contribution in [2.24, 2.45) is 0 Å². The molecule has 1 amide bonds. The highest BCUT2D eigenvalue weighted by Gasteiger charge is 2.10. The molecule has 24 heavy (non-hydrogen) atoms. The highest BCUT2D eigenvalue weighted by Crippen LogP contribution is 2.15. The van der Waals surface area contributed by atoms with Gasteiger partial charge < -0.3 is 0 Å². The van der Waals surface area contributed by atoms with E-state index >= 15 is 0 Å². The molecule has 3 aromatic rings. The lowest BCUT2D eigenvalue weighted by Gasteiger charge is -2.08. The summed E-state index contributed by atoms with van der Waals surface area (Å²) in [6.07, 6.45) is 3.43. The van der Waals surface area contributed by atoms with E-state index in [0.29, 0.717) is 5.69 Å². The van der Waals surface area contributed by atoms with Gasteiger partial charge in [0.05, 0.1) is 11.9 Å². The van der Waals surface area contributed by atoms with E-state index < -0.39 is 11.7 Å². The van der Waals surface area contributed by atoms with Crippen LogP contribution in [0.5, 0.6) is 0 Å². The number of aromatic nitrogens is 2. The van der Waals surface area contributed by atoms with Crippen molar-refractivity contribution in [3.63, 3.8) is 0 Å². The largest absolute Gasteiger partial charge is 0.277 e. The molecule has 7 heteroatoms. The number of hydrogen-bond donors (Lipinski definition) is 2. The molecule has 0 radical (unpaired) electrons. The summed E-state index contributed by atoms with van der Waals surface area (Å²) in [4.78, 5) is 15.9. The van der Waals surface area contributed by atoms with Crippen LogP contribution < -0.4 is 10.3 Å².